The Morgan fingerprint density at radius 1 is 1.06 bits per heavy atom. The Balaban J connectivity index is 1.46. The zero-order chi connectivity index (χ0) is 24.8. The van der Waals surface area contributed by atoms with E-state index in [-0.39, 0.29) is 23.6 Å². The highest BCUT2D eigenvalue weighted by atomic mass is 16.5. The summed E-state index contributed by atoms with van der Waals surface area (Å²) in [6.07, 6.45) is 11.1. The molecule has 10 heteroatoms. The number of H-pyrrole nitrogens is 1. The zero-order valence-electron chi connectivity index (χ0n) is 21.2. The molecule has 0 amide bonds. The van der Waals surface area contributed by atoms with Crippen LogP contribution in [0.1, 0.15) is 90.0 Å². The van der Waals surface area contributed by atoms with Crippen molar-refractivity contribution in [1.29, 1.82) is 0 Å². The van der Waals surface area contributed by atoms with Crippen LogP contribution < -0.4 is 11.1 Å². The van der Waals surface area contributed by atoms with Crippen LogP contribution in [0, 0.1) is 23.7 Å². The van der Waals surface area contributed by atoms with Crippen LogP contribution in [0.5, 0.6) is 0 Å². The van der Waals surface area contributed by atoms with Crippen molar-refractivity contribution in [2.45, 2.75) is 96.7 Å². The maximum atomic E-state index is 11.6. The molecule has 194 valence electrons. The number of aliphatic hydroxyl groups is 1. The molecule has 3 heterocycles. The summed E-state index contributed by atoms with van der Waals surface area (Å²) in [6.45, 7) is 5.34. The molecule has 0 saturated heterocycles. The Hall–Kier alpha value is -2.75. The molecule has 6 rings (SSSR count). The quantitative estimate of drug-likeness (QED) is 0.418. The number of anilines is 1. The molecule has 0 aliphatic heterocycles. The topological polar surface area (TPSA) is 135 Å². The van der Waals surface area contributed by atoms with Gasteiger partial charge in [0.2, 0.25) is 11.6 Å². The first kappa shape index (κ1) is 23.6. The highest BCUT2D eigenvalue weighted by Crippen LogP contribution is 2.40. The highest BCUT2D eigenvalue weighted by molar-refractivity contribution is 5.85. The molecule has 0 spiro atoms. The van der Waals surface area contributed by atoms with Gasteiger partial charge in [-0.05, 0) is 69.1 Å². The maximum absolute atomic E-state index is 11.6. The number of aromatic nitrogens is 6. The van der Waals surface area contributed by atoms with Gasteiger partial charge in [0, 0.05) is 12.6 Å². The van der Waals surface area contributed by atoms with Crippen molar-refractivity contribution in [1.82, 2.24) is 29.7 Å². The van der Waals surface area contributed by atoms with Crippen molar-refractivity contribution in [3.05, 3.63) is 16.4 Å². The molecule has 3 fully saturated rings. The van der Waals surface area contributed by atoms with E-state index in [4.69, 9.17) is 19.5 Å². The minimum atomic E-state index is -0.649. The van der Waals surface area contributed by atoms with Crippen LogP contribution in [-0.4, -0.2) is 40.8 Å². The van der Waals surface area contributed by atoms with E-state index in [2.05, 4.69) is 33.9 Å². The molecule has 36 heavy (non-hydrogen) atoms. The first-order chi connectivity index (χ1) is 17.5. The van der Waals surface area contributed by atoms with Crippen molar-refractivity contribution < 1.29 is 9.63 Å². The van der Waals surface area contributed by atoms with E-state index in [1.807, 2.05) is 0 Å². The lowest BCUT2D eigenvalue weighted by Crippen LogP contribution is -2.31. The van der Waals surface area contributed by atoms with E-state index < -0.39 is 11.9 Å². The highest BCUT2D eigenvalue weighted by Gasteiger charge is 2.34. The summed E-state index contributed by atoms with van der Waals surface area (Å²) in [4.78, 5) is 28.6. The van der Waals surface area contributed by atoms with Gasteiger partial charge in [-0.2, -0.15) is 0 Å². The van der Waals surface area contributed by atoms with E-state index in [9.17, 15) is 9.90 Å². The number of imidazole rings is 1. The van der Waals surface area contributed by atoms with Crippen LogP contribution in [0.2, 0.25) is 0 Å². The molecule has 0 bridgehead atoms. The Labute approximate surface area is 210 Å². The number of rotatable bonds is 8. The fraction of sp³-hybridized carbons (Fsp3) is 0.731. The van der Waals surface area contributed by atoms with Crippen LogP contribution in [0.3, 0.4) is 0 Å². The van der Waals surface area contributed by atoms with Crippen molar-refractivity contribution in [3.8, 4) is 11.6 Å². The van der Waals surface area contributed by atoms with E-state index in [1.54, 1.807) is 0 Å². The van der Waals surface area contributed by atoms with E-state index in [0.29, 0.717) is 29.1 Å². The van der Waals surface area contributed by atoms with Crippen LogP contribution in [-0.2, 0) is 6.54 Å². The number of hydrogen-bond acceptors (Lipinski definition) is 8. The maximum Gasteiger partial charge on any atom is 0.439 e. The van der Waals surface area contributed by atoms with Gasteiger partial charge in [0.15, 0.2) is 11.5 Å². The van der Waals surface area contributed by atoms with E-state index in [1.165, 1.54) is 44.9 Å². The minimum absolute atomic E-state index is 0.179. The van der Waals surface area contributed by atoms with Crippen molar-refractivity contribution >= 4 is 17.0 Å². The minimum Gasteiger partial charge on any atom is -0.385 e. The second kappa shape index (κ2) is 9.61. The summed E-state index contributed by atoms with van der Waals surface area (Å²) in [6, 6.07) is 0.236. The number of aromatic amines is 1. The van der Waals surface area contributed by atoms with Crippen LogP contribution in [0.25, 0.3) is 22.8 Å². The molecular formula is C26H37N7O3. The Morgan fingerprint density at radius 2 is 1.78 bits per heavy atom. The number of nitrogens with zero attached hydrogens (tertiary/aromatic N) is 5. The van der Waals surface area contributed by atoms with Gasteiger partial charge in [0.1, 0.15) is 17.4 Å². The second-order valence-electron chi connectivity index (χ2n) is 11.5. The average Bonchev–Trinajstić information content (AvgIpc) is 3.36. The summed E-state index contributed by atoms with van der Waals surface area (Å²) >= 11 is 0. The smallest absolute Gasteiger partial charge is 0.385 e. The molecule has 3 aliphatic rings. The molecule has 3 aromatic heterocycles. The summed E-state index contributed by atoms with van der Waals surface area (Å²) < 4.78 is 6.92. The summed E-state index contributed by atoms with van der Waals surface area (Å²) in [5, 5.41) is 18.8. The predicted octanol–water partition coefficient (Wildman–Crippen LogP) is 4.43. The molecule has 3 aromatic rings. The Kier molecular flexibility index (Phi) is 6.31. The predicted molar refractivity (Wildman–Crippen MR) is 135 cm³/mol. The average molecular weight is 496 g/mol. The first-order valence-corrected chi connectivity index (χ1v) is 13.8. The van der Waals surface area contributed by atoms with Gasteiger partial charge in [-0.3, -0.25) is 9.51 Å². The lowest BCUT2D eigenvalue weighted by atomic mass is 9.80. The summed E-state index contributed by atoms with van der Waals surface area (Å²) in [7, 11) is 0. The molecule has 1 unspecified atom stereocenters. The Morgan fingerprint density at radius 3 is 2.39 bits per heavy atom. The standard InChI is InChI=1S/C26H37N7O3/c1-14-9-11-16(12-10-14)13-33-19-21(27-15(2)17-5-3-6-17)28-23(24-31-26(35)36-32-24)29-22(19)30-25(33)20(34)18-7-4-8-18/h14-18,20,34H,3-13H2,1-2H3,(H,27,28,29)(H,31,32,35)/t14?,15-,16?,20?/m1/s1. The molecular weight excluding hydrogens is 458 g/mol. The first-order valence-electron chi connectivity index (χ1n) is 13.8. The number of fused-ring (bicyclic) bond motifs is 1. The fourth-order valence-electron chi connectivity index (χ4n) is 6.01. The molecule has 0 aromatic carbocycles. The lowest BCUT2D eigenvalue weighted by molar-refractivity contribution is 0.0514. The fourth-order valence-corrected chi connectivity index (χ4v) is 6.01. The molecule has 0 radical (unpaired) electrons. The molecule has 3 N–H and O–H groups in total. The van der Waals surface area contributed by atoms with E-state index in [0.717, 1.165) is 37.2 Å². The van der Waals surface area contributed by atoms with Crippen molar-refractivity contribution in [2.75, 3.05) is 5.32 Å². The zero-order valence-corrected chi connectivity index (χ0v) is 21.2. The molecule has 3 saturated carbocycles. The van der Waals surface area contributed by atoms with Gasteiger partial charge < -0.3 is 15.0 Å². The molecule has 3 aliphatic carbocycles. The third-order valence-electron chi connectivity index (χ3n) is 8.94. The van der Waals surface area contributed by atoms with Crippen LogP contribution >= 0.6 is 0 Å². The molecule has 10 nitrogen and oxygen atoms in total. The lowest BCUT2D eigenvalue weighted by Gasteiger charge is -2.33. The third kappa shape index (κ3) is 4.44. The SMILES string of the molecule is CC1CCC(Cn2c(C(O)C3CCC3)nc3nc(-c4noc(=O)[nH]4)nc(N[C@H](C)C4CCC4)c32)CC1. The number of hydrogen-bond donors (Lipinski definition) is 3. The third-order valence-corrected chi connectivity index (χ3v) is 8.94. The van der Waals surface area contributed by atoms with Crippen LogP contribution in [0.4, 0.5) is 5.82 Å². The van der Waals surface area contributed by atoms with Gasteiger partial charge in [-0.25, -0.2) is 19.7 Å². The van der Waals surface area contributed by atoms with Gasteiger partial charge in [0.05, 0.1) is 0 Å². The van der Waals surface area contributed by atoms with Gasteiger partial charge in [-0.15, -0.1) is 0 Å². The van der Waals surface area contributed by atoms with Crippen LogP contribution in [0.15, 0.2) is 9.32 Å². The summed E-state index contributed by atoms with van der Waals surface area (Å²) in [5.41, 5.74) is 1.35. The number of aliphatic hydroxyl groups excluding tert-OH is 1. The number of nitrogens with one attached hydrogen (secondary N) is 2. The summed E-state index contributed by atoms with van der Waals surface area (Å²) in [5.74, 6) is 3.30. The Bertz CT molecular complexity index is 1260. The van der Waals surface area contributed by atoms with Gasteiger partial charge in [-0.1, -0.05) is 37.8 Å². The monoisotopic (exact) mass is 495 g/mol. The van der Waals surface area contributed by atoms with Crippen molar-refractivity contribution in [3.63, 3.8) is 0 Å². The van der Waals surface area contributed by atoms with Gasteiger partial charge >= 0.3 is 5.76 Å². The second-order valence-corrected chi connectivity index (χ2v) is 11.5. The van der Waals surface area contributed by atoms with Gasteiger partial charge in [0.25, 0.3) is 0 Å². The van der Waals surface area contributed by atoms with E-state index >= 15 is 0 Å². The molecule has 2 atom stereocenters. The van der Waals surface area contributed by atoms with Crippen molar-refractivity contribution in [2.24, 2.45) is 23.7 Å². The largest absolute Gasteiger partial charge is 0.439 e. The normalized spacial score (nSPS) is 24.9.